The maximum absolute atomic E-state index is 11.2. The summed E-state index contributed by atoms with van der Waals surface area (Å²) in [5.41, 5.74) is -0.488. The molecule has 0 aromatic heterocycles. The van der Waals surface area contributed by atoms with Crippen LogP contribution in [0.4, 0.5) is 4.79 Å². The molecule has 0 spiro atoms. The summed E-state index contributed by atoms with van der Waals surface area (Å²) in [6, 6.07) is -0.212. The van der Waals surface area contributed by atoms with Crippen LogP contribution in [0.1, 0.15) is 40.0 Å². The minimum Gasteiger partial charge on any atom is -0.465 e. The molecule has 94 valence electrons. The second-order valence-corrected chi connectivity index (χ2v) is 5.42. The van der Waals surface area contributed by atoms with E-state index >= 15 is 0 Å². The highest BCUT2D eigenvalue weighted by atomic mass is 16.4. The van der Waals surface area contributed by atoms with Gasteiger partial charge in [-0.3, -0.25) is 0 Å². The molecule has 5 heteroatoms. The second-order valence-electron chi connectivity index (χ2n) is 5.42. The zero-order chi connectivity index (χ0) is 12.5. The van der Waals surface area contributed by atoms with Gasteiger partial charge in [-0.25, -0.2) is 4.79 Å². The highest BCUT2D eigenvalue weighted by Gasteiger charge is 2.38. The summed E-state index contributed by atoms with van der Waals surface area (Å²) in [5, 5.41) is 28.2. The Morgan fingerprint density at radius 2 is 1.75 bits per heavy atom. The Labute approximate surface area is 95.7 Å². The number of carboxylic acid groups (broad SMARTS) is 1. The number of nitrogens with zero attached hydrogens (tertiary/aromatic N) is 1. The number of aliphatic hydroxyl groups is 2. The lowest BCUT2D eigenvalue weighted by atomic mass is 9.87. The van der Waals surface area contributed by atoms with Gasteiger partial charge in [0.2, 0.25) is 0 Å². The van der Waals surface area contributed by atoms with Crippen molar-refractivity contribution in [1.29, 1.82) is 0 Å². The van der Waals surface area contributed by atoms with E-state index in [2.05, 4.69) is 0 Å². The average molecular weight is 231 g/mol. The molecule has 3 N–H and O–H groups in total. The van der Waals surface area contributed by atoms with Gasteiger partial charge in [-0.15, -0.1) is 0 Å². The first kappa shape index (κ1) is 13.3. The molecule has 1 aliphatic carbocycles. The molecule has 1 amide bonds. The van der Waals surface area contributed by atoms with E-state index in [1.54, 1.807) is 0 Å². The normalized spacial score (nSPS) is 31.2. The van der Waals surface area contributed by atoms with Crippen LogP contribution in [0.15, 0.2) is 0 Å². The summed E-state index contributed by atoms with van der Waals surface area (Å²) in [4.78, 5) is 12.6. The Bertz CT molecular complexity index is 261. The molecule has 5 nitrogen and oxygen atoms in total. The van der Waals surface area contributed by atoms with E-state index in [0.29, 0.717) is 19.3 Å². The van der Waals surface area contributed by atoms with Crippen LogP contribution in [0.3, 0.4) is 0 Å². The fourth-order valence-corrected chi connectivity index (χ4v) is 2.33. The van der Waals surface area contributed by atoms with Crippen molar-refractivity contribution in [3.05, 3.63) is 0 Å². The topological polar surface area (TPSA) is 81.0 Å². The number of aliphatic hydroxyl groups excluding tert-OH is 2. The molecule has 0 heterocycles. The first-order valence-corrected chi connectivity index (χ1v) is 5.62. The quantitative estimate of drug-likeness (QED) is 0.630. The number of amides is 1. The molecule has 1 saturated carbocycles. The lowest BCUT2D eigenvalue weighted by molar-refractivity contribution is -0.0464. The van der Waals surface area contributed by atoms with Crippen LogP contribution in [0.25, 0.3) is 0 Å². The molecular weight excluding hydrogens is 210 g/mol. The number of rotatable bonds is 1. The lowest BCUT2D eigenvalue weighted by Crippen LogP contribution is -2.54. The summed E-state index contributed by atoms with van der Waals surface area (Å²) < 4.78 is 0. The average Bonchev–Trinajstić information content (AvgIpc) is 2.08. The molecule has 0 bridgehead atoms. The minimum absolute atomic E-state index is 0.212. The Kier molecular flexibility index (Phi) is 3.80. The largest absolute Gasteiger partial charge is 0.465 e. The van der Waals surface area contributed by atoms with Crippen LogP contribution in [-0.4, -0.2) is 50.1 Å². The van der Waals surface area contributed by atoms with Crippen molar-refractivity contribution in [1.82, 2.24) is 4.90 Å². The smallest absolute Gasteiger partial charge is 0.407 e. The van der Waals surface area contributed by atoms with Gasteiger partial charge in [0.1, 0.15) is 0 Å². The molecule has 16 heavy (non-hydrogen) atoms. The van der Waals surface area contributed by atoms with Gasteiger partial charge in [-0.05, 0) is 40.0 Å². The predicted octanol–water partition coefficient (Wildman–Crippen LogP) is 1.04. The molecule has 1 aliphatic rings. The van der Waals surface area contributed by atoms with Crippen LogP contribution in [0.5, 0.6) is 0 Å². The molecule has 1 unspecified atom stereocenters. The first-order chi connectivity index (χ1) is 7.23. The zero-order valence-corrected chi connectivity index (χ0v) is 10.1. The fourth-order valence-electron chi connectivity index (χ4n) is 2.33. The Hall–Kier alpha value is -0.810. The van der Waals surface area contributed by atoms with E-state index in [1.165, 1.54) is 4.90 Å². The predicted molar refractivity (Wildman–Crippen MR) is 59.3 cm³/mol. The Morgan fingerprint density at radius 1 is 1.19 bits per heavy atom. The number of hydrogen-bond donors (Lipinski definition) is 3. The molecule has 0 saturated heterocycles. The molecule has 0 aliphatic heterocycles. The van der Waals surface area contributed by atoms with Gasteiger partial charge >= 0.3 is 6.09 Å². The lowest BCUT2D eigenvalue weighted by Gasteiger charge is -2.43. The third-order valence-corrected chi connectivity index (χ3v) is 3.05. The standard InChI is InChI=1S/C11H21NO4/c1-11(2,3)12(10(15)16)7-4-5-8(13)9(14)6-7/h7-9,13-14H,4-6H2,1-3H3,(H,15,16)/t7?,8-,9+/m0/s1. The maximum atomic E-state index is 11.2. The molecule has 0 radical (unpaired) electrons. The van der Waals surface area contributed by atoms with Gasteiger partial charge in [-0.1, -0.05) is 0 Å². The van der Waals surface area contributed by atoms with Crippen molar-refractivity contribution in [2.24, 2.45) is 0 Å². The van der Waals surface area contributed by atoms with Crippen molar-refractivity contribution in [3.63, 3.8) is 0 Å². The molecule has 3 atom stereocenters. The molecule has 1 rings (SSSR count). The SMILES string of the molecule is CC(C)(C)N(C(=O)O)C1CC[C@H](O)[C@H](O)C1. The van der Waals surface area contributed by atoms with Crippen molar-refractivity contribution >= 4 is 6.09 Å². The van der Waals surface area contributed by atoms with Gasteiger partial charge < -0.3 is 20.2 Å². The van der Waals surface area contributed by atoms with Crippen LogP contribution < -0.4 is 0 Å². The number of hydrogen-bond acceptors (Lipinski definition) is 3. The fraction of sp³-hybridized carbons (Fsp3) is 0.909. The van der Waals surface area contributed by atoms with Gasteiger partial charge in [0.25, 0.3) is 0 Å². The van der Waals surface area contributed by atoms with E-state index in [-0.39, 0.29) is 6.04 Å². The monoisotopic (exact) mass is 231 g/mol. The summed E-state index contributed by atoms with van der Waals surface area (Å²) >= 11 is 0. The highest BCUT2D eigenvalue weighted by Crippen LogP contribution is 2.28. The van der Waals surface area contributed by atoms with Crippen LogP contribution in [0, 0.1) is 0 Å². The van der Waals surface area contributed by atoms with E-state index in [0.717, 1.165) is 0 Å². The van der Waals surface area contributed by atoms with E-state index in [1.807, 2.05) is 20.8 Å². The van der Waals surface area contributed by atoms with Crippen LogP contribution in [-0.2, 0) is 0 Å². The van der Waals surface area contributed by atoms with E-state index < -0.39 is 23.8 Å². The van der Waals surface area contributed by atoms with E-state index in [9.17, 15) is 20.1 Å². The van der Waals surface area contributed by atoms with Crippen molar-refractivity contribution in [2.75, 3.05) is 0 Å². The molecular formula is C11H21NO4. The Morgan fingerprint density at radius 3 is 2.12 bits per heavy atom. The van der Waals surface area contributed by atoms with Crippen molar-refractivity contribution in [3.8, 4) is 0 Å². The minimum atomic E-state index is -0.971. The van der Waals surface area contributed by atoms with Gasteiger partial charge in [-0.2, -0.15) is 0 Å². The third kappa shape index (κ3) is 2.86. The molecule has 0 aromatic rings. The summed E-state index contributed by atoms with van der Waals surface area (Å²) in [7, 11) is 0. The highest BCUT2D eigenvalue weighted by molar-refractivity contribution is 5.66. The molecule has 0 aromatic carbocycles. The van der Waals surface area contributed by atoms with Crippen LogP contribution in [0.2, 0.25) is 0 Å². The van der Waals surface area contributed by atoms with Gasteiger partial charge in [0.15, 0.2) is 0 Å². The molecule has 1 fully saturated rings. The van der Waals surface area contributed by atoms with Crippen LogP contribution >= 0.6 is 0 Å². The Balaban J connectivity index is 2.78. The maximum Gasteiger partial charge on any atom is 0.407 e. The summed E-state index contributed by atoms with van der Waals surface area (Å²) in [6.07, 6.45) is -1.14. The van der Waals surface area contributed by atoms with E-state index in [4.69, 9.17) is 0 Å². The van der Waals surface area contributed by atoms with Crippen molar-refractivity contribution < 1.29 is 20.1 Å². The third-order valence-electron chi connectivity index (χ3n) is 3.05. The first-order valence-electron chi connectivity index (χ1n) is 5.62. The van der Waals surface area contributed by atoms with Gasteiger partial charge in [0.05, 0.1) is 12.2 Å². The van der Waals surface area contributed by atoms with Gasteiger partial charge in [0, 0.05) is 11.6 Å². The zero-order valence-electron chi connectivity index (χ0n) is 10.1. The summed E-state index contributed by atoms with van der Waals surface area (Å²) in [5.74, 6) is 0. The summed E-state index contributed by atoms with van der Waals surface area (Å²) in [6.45, 7) is 5.50. The number of carbonyl (C=O) groups is 1. The second kappa shape index (κ2) is 4.59. The van der Waals surface area contributed by atoms with Crippen molar-refractivity contribution in [2.45, 2.75) is 63.8 Å².